The van der Waals surface area contributed by atoms with E-state index in [-0.39, 0.29) is 30.9 Å². The van der Waals surface area contributed by atoms with E-state index in [9.17, 15) is 18.0 Å². The zero-order chi connectivity index (χ0) is 14.9. The van der Waals surface area contributed by atoms with Gasteiger partial charge in [-0.15, -0.1) is 0 Å². The molecule has 0 bridgehead atoms. The molecular formula is C12H15F3N4O. The summed E-state index contributed by atoms with van der Waals surface area (Å²) in [6, 6.07) is 0. The molecule has 1 aliphatic heterocycles. The Bertz CT molecular complexity index is 547. The van der Waals surface area contributed by atoms with Crippen molar-refractivity contribution < 1.29 is 18.0 Å². The van der Waals surface area contributed by atoms with Crippen LogP contribution in [0.1, 0.15) is 29.5 Å². The maximum atomic E-state index is 12.5. The molecule has 0 unspecified atom stereocenters. The van der Waals surface area contributed by atoms with Crippen LogP contribution in [0.3, 0.4) is 0 Å². The van der Waals surface area contributed by atoms with Crippen LogP contribution < -0.4 is 5.73 Å². The van der Waals surface area contributed by atoms with E-state index in [1.807, 2.05) is 6.92 Å². The molecule has 1 aliphatic rings. The Morgan fingerprint density at radius 2 is 2.25 bits per heavy atom. The van der Waals surface area contributed by atoms with Gasteiger partial charge < -0.3 is 10.6 Å². The van der Waals surface area contributed by atoms with Crippen molar-refractivity contribution in [3.63, 3.8) is 0 Å². The number of hydrogen-bond acceptors (Lipinski definition) is 3. The van der Waals surface area contributed by atoms with Crippen molar-refractivity contribution in [1.82, 2.24) is 15.1 Å². The monoisotopic (exact) mass is 288 g/mol. The van der Waals surface area contributed by atoms with E-state index in [0.717, 1.165) is 6.08 Å². The lowest BCUT2D eigenvalue weighted by atomic mass is 10.1. The lowest BCUT2D eigenvalue weighted by molar-refractivity contribution is -0.0957. The second kappa shape index (κ2) is 5.18. The van der Waals surface area contributed by atoms with Crippen LogP contribution in [-0.4, -0.2) is 40.3 Å². The number of aromatic nitrogens is 2. The van der Waals surface area contributed by atoms with Crippen molar-refractivity contribution in [3.05, 3.63) is 23.0 Å². The number of aryl methyl sites for hydroxylation is 1. The van der Waals surface area contributed by atoms with Crippen LogP contribution in [0.4, 0.5) is 18.9 Å². The molecule has 0 saturated heterocycles. The number of halogens is 3. The number of H-pyrrole nitrogens is 1. The number of carbonyl (C=O) groups excluding carboxylic acids is 1. The third-order valence-electron chi connectivity index (χ3n) is 3.30. The number of nitrogens with two attached hydrogens (primary N) is 1. The van der Waals surface area contributed by atoms with Gasteiger partial charge >= 0.3 is 6.18 Å². The first-order chi connectivity index (χ1) is 9.34. The SMILES string of the molecule is CCc1[nH]nc(C(=O)N2CC=C(C(F)(F)F)CC2)c1N. The smallest absolute Gasteiger partial charge is 0.395 e. The third kappa shape index (κ3) is 2.63. The van der Waals surface area contributed by atoms with Gasteiger partial charge in [-0.1, -0.05) is 13.0 Å². The average Bonchev–Trinajstić information content (AvgIpc) is 2.78. The van der Waals surface area contributed by atoms with Crippen molar-refractivity contribution in [2.75, 3.05) is 18.8 Å². The van der Waals surface area contributed by atoms with Crippen LogP contribution in [0.15, 0.2) is 11.6 Å². The third-order valence-corrected chi connectivity index (χ3v) is 3.30. The first-order valence-electron chi connectivity index (χ1n) is 6.22. The van der Waals surface area contributed by atoms with Crippen molar-refractivity contribution >= 4 is 11.6 Å². The first-order valence-corrected chi connectivity index (χ1v) is 6.22. The van der Waals surface area contributed by atoms with Gasteiger partial charge in [0, 0.05) is 18.7 Å². The van der Waals surface area contributed by atoms with E-state index < -0.39 is 17.7 Å². The maximum Gasteiger partial charge on any atom is 0.412 e. The van der Waals surface area contributed by atoms with Crippen molar-refractivity contribution in [3.8, 4) is 0 Å². The van der Waals surface area contributed by atoms with E-state index in [1.54, 1.807) is 0 Å². The molecule has 0 aromatic carbocycles. The topological polar surface area (TPSA) is 75.0 Å². The zero-order valence-electron chi connectivity index (χ0n) is 10.9. The summed E-state index contributed by atoms with van der Waals surface area (Å²) >= 11 is 0. The van der Waals surface area contributed by atoms with E-state index in [1.165, 1.54) is 4.90 Å². The minimum atomic E-state index is -4.32. The highest BCUT2D eigenvalue weighted by Crippen LogP contribution is 2.30. The number of carbonyl (C=O) groups is 1. The summed E-state index contributed by atoms with van der Waals surface area (Å²) in [5, 5.41) is 6.50. The Hall–Kier alpha value is -1.99. The Labute approximate surface area is 113 Å². The van der Waals surface area contributed by atoms with Gasteiger partial charge in [0.1, 0.15) is 0 Å². The predicted molar refractivity (Wildman–Crippen MR) is 67.0 cm³/mol. The summed E-state index contributed by atoms with van der Waals surface area (Å²) in [7, 11) is 0. The molecule has 1 aromatic rings. The minimum Gasteiger partial charge on any atom is -0.395 e. The zero-order valence-corrected chi connectivity index (χ0v) is 10.9. The van der Waals surface area contributed by atoms with Gasteiger partial charge in [-0.25, -0.2) is 0 Å². The molecule has 8 heteroatoms. The summed E-state index contributed by atoms with van der Waals surface area (Å²) in [6.07, 6.45) is -2.90. The van der Waals surface area contributed by atoms with Crippen LogP contribution in [0, 0.1) is 0 Å². The lowest BCUT2D eigenvalue weighted by Gasteiger charge is -2.26. The molecule has 0 fully saturated rings. The molecule has 110 valence electrons. The van der Waals surface area contributed by atoms with E-state index >= 15 is 0 Å². The van der Waals surface area contributed by atoms with Gasteiger partial charge in [0.05, 0.1) is 11.4 Å². The number of aromatic amines is 1. The van der Waals surface area contributed by atoms with Crippen LogP contribution in [0.5, 0.6) is 0 Å². The fraction of sp³-hybridized carbons (Fsp3) is 0.500. The molecule has 2 rings (SSSR count). The number of nitrogen functional groups attached to an aromatic ring is 1. The Balaban J connectivity index is 2.12. The van der Waals surface area contributed by atoms with Crippen LogP contribution in [-0.2, 0) is 6.42 Å². The van der Waals surface area contributed by atoms with Gasteiger partial charge in [-0.3, -0.25) is 9.89 Å². The second-order valence-corrected chi connectivity index (χ2v) is 4.55. The molecule has 3 N–H and O–H groups in total. The average molecular weight is 288 g/mol. The number of amides is 1. The van der Waals surface area contributed by atoms with Gasteiger partial charge in [0.25, 0.3) is 5.91 Å². The van der Waals surface area contributed by atoms with Crippen LogP contribution >= 0.6 is 0 Å². The number of alkyl halides is 3. The molecule has 1 aromatic heterocycles. The lowest BCUT2D eigenvalue weighted by Crippen LogP contribution is -2.37. The number of nitrogens with zero attached hydrogens (tertiary/aromatic N) is 2. The number of anilines is 1. The number of hydrogen-bond donors (Lipinski definition) is 2. The molecule has 1 amide bonds. The summed E-state index contributed by atoms with van der Waals surface area (Å²) < 4.78 is 37.5. The standard InChI is InChI=1S/C12H15F3N4O/c1-2-8-9(16)10(18-17-8)11(20)19-5-3-7(4-6-19)12(13,14)15/h3H,2,4-6,16H2,1H3,(H,17,18). The van der Waals surface area contributed by atoms with E-state index in [2.05, 4.69) is 10.2 Å². The summed E-state index contributed by atoms with van der Waals surface area (Å²) in [5.74, 6) is -0.448. The van der Waals surface area contributed by atoms with Gasteiger partial charge in [-0.05, 0) is 12.8 Å². The molecule has 0 aliphatic carbocycles. The highest BCUT2D eigenvalue weighted by Gasteiger charge is 2.36. The largest absolute Gasteiger partial charge is 0.412 e. The van der Waals surface area contributed by atoms with Crippen molar-refractivity contribution in [2.45, 2.75) is 25.9 Å². The Morgan fingerprint density at radius 1 is 1.55 bits per heavy atom. The normalized spacial score (nSPS) is 16.2. The molecule has 5 nitrogen and oxygen atoms in total. The Kier molecular flexibility index (Phi) is 3.74. The van der Waals surface area contributed by atoms with Crippen molar-refractivity contribution in [1.29, 1.82) is 0 Å². The summed E-state index contributed by atoms with van der Waals surface area (Å²) in [6.45, 7) is 1.79. The molecule has 0 radical (unpaired) electrons. The number of rotatable bonds is 2. The molecule has 2 heterocycles. The van der Waals surface area contributed by atoms with Crippen molar-refractivity contribution in [2.24, 2.45) is 0 Å². The summed E-state index contributed by atoms with van der Waals surface area (Å²) in [4.78, 5) is 13.5. The Morgan fingerprint density at radius 3 is 2.70 bits per heavy atom. The first kappa shape index (κ1) is 14.4. The minimum absolute atomic E-state index is 0.0118. The molecule has 0 atom stereocenters. The summed E-state index contributed by atoms with van der Waals surface area (Å²) in [5.41, 5.74) is 6.18. The molecule has 0 saturated carbocycles. The molecule has 0 spiro atoms. The van der Waals surface area contributed by atoms with E-state index in [4.69, 9.17) is 5.73 Å². The van der Waals surface area contributed by atoms with Gasteiger partial charge in [0.2, 0.25) is 0 Å². The highest BCUT2D eigenvalue weighted by molar-refractivity contribution is 5.97. The highest BCUT2D eigenvalue weighted by atomic mass is 19.4. The van der Waals surface area contributed by atoms with Gasteiger partial charge in [0.15, 0.2) is 5.69 Å². The second-order valence-electron chi connectivity index (χ2n) is 4.55. The number of nitrogens with one attached hydrogen (secondary N) is 1. The van der Waals surface area contributed by atoms with Gasteiger partial charge in [-0.2, -0.15) is 18.3 Å². The van der Waals surface area contributed by atoms with Crippen LogP contribution in [0.2, 0.25) is 0 Å². The molecule has 20 heavy (non-hydrogen) atoms. The maximum absolute atomic E-state index is 12.5. The molecular weight excluding hydrogens is 273 g/mol. The van der Waals surface area contributed by atoms with E-state index in [0.29, 0.717) is 12.1 Å². The predicted octanol–water partition coefficient (Wildman–Crippen LogP) is 1.89. The van der Waals surface area contributed by atoms with Crippen LogP contribution in [0.25, 0.3) is 0 Å². The fourth-order valence-electron chi connectivity index (χ4n) is 2.08. The fourth-order valence-corrected chi connectivity index (χ4v) is 2.08. The quantitative estimate of drug-likeness (QED) is 0.816.